The molecule has 1 N–H and O–H groups in total. The average molecular weight is 465 g/mol. The second kappa shape index (κ2) is 9.89. The number of aliphatic hydroxyl groups is 1. The Bertz CT molecular complexity index is 874. The SMILES string of the molecule is C[C@@H](C=CCO)[C@@]1(C)CC[C@@H](CO[Si](c2ccccc2)(c2ccccc2)C(C)(C)C)C1(C)C. The molecule has 180 valence electrons. The Morgan fingerprint density at radius 1 is 1.00 bits per heavy atom. The van der Waals surface area contributed by atoms with Gasteiger partial charge in [0.1, 0.15) is 0 Å². The van der Waals surface area contributed by atoms with Crippen molar-refractivity contribution in [1.82, 2.24) is 0 Å². The molecule has 1 aliphatic rings. The third-order valence-corrected chi connectivity index (χ3v) is 14.0. The average Bonchev–Trinajstić information content (AvgIpc) is 3.02. The maximum absolute atomic E-state index is 9.29. The van der Waals surface area contributed by atoms with Gasteiger partial charge in [-0.15, -0.1) is 0 Å². The van der Waals surface area contributed by atoms with Crippen molar-refractivity contribution in [1.29, 1.82) is 0 Å². The molecule has 2 nitrogen and oxygen atoms in total. The fraction of sp³-hybridized carbons (Fsp3) is 0.533. The van der Waals surface area contributed by atoms with E-state index >= 15 is 0 Å². The van der Waals surface area contributed by atoms with E-state index in [1.165, 1.54) is 23.2 Å². The minimum absolute atomic E-state index is 0.00108. The van der Waals surface area contributed by atoms with Crippen LogP contribution in [0.15, 0.2) is 72.8 Å². The zero-order valence-corrected chi connectivity index (χ0v) is 22.8. The summed E-state index contributed by atoms with van der Waals surface area (Å²) in [4.78, 5) is 0. The predicted octanol–water partition coefficient (Wildman–Crippen LogP) is 6.19. The van der Waals surface area contributed by atoms with E-state index in [4.69, 9.17) is 4.43 Å². The molecule has 0 radical (unpaired) electrons. The molecule has 3 atom stereocenters. The first-order chi connectivity index (χ1) is 15.5. The highest BCUT2D eigenvalue weighted by atomic mass is 28.4. The molecule has 0 aliphatic heterocycles. The van der Waals surface area contributed by atoms with E-state index in [1.54, 1.807) is 0 Å². The summed E-state index contributed by atoms with van der Waals surface area (Å²) in [6, 6.07) is 21.9. The Balaban J connectivity index is 1.98. The standard InChI is InChI=1S/C30H44O2Si/c1-24(15-14-22-31)30(7)21-20-25(29(30,5)6)23-32-33(28(2,3)4,26-16-10-8-11-17-26)27-18-12-9-13-19-27/h8-19,24-25,31H,20-23H2,1-7H3/t24-,25-,30+/m0/s1. The van der Waals surface area contributed by atoms with Gasteiger partial charge >= 0.3 is 0 Å². The summed E-state index contributed by atoms with van der Waals surface area (Å²) in [7, 11) is -2.52. The second-order valence-electron chi connectivity index (χ2n) is 11.7. The summed E-state index contributed by atoms with van der Waals surface area (Å²) >= 11 is 0. The van der Waals surface area contributed by atoms with Gasteiger partial charge in [-0.3, -0.25) is 0 Å². The third-order valence-electron chi connectivity index (χ3n) is 8.96. The zero-order valence-electron chi connectivity index (χ0n) is 21.8. The van der Waals surface area contributed by atoms with Gasteiger partial charge in [0.05, 0.1) is 6.61 Å². The first-order valence-corrected chi connectivity index (χ1v) is 14.4. The van der Waals surface area contributed by atoms with Crippen LogP contribution < -0.4 is 10.4 Å². The van der Waals surface area contributed by atoms with Crippen molar-refractivity contribution < 1.29 is 9.53 Å². The lowest BCUT2D eigenvalue weighted by Gasteiger charge is -2.47. The molecule has 33 heavy (non-hydrogen) atoms. The first-order valence-electron chi connectivity index (χ1n) is 12.5. The van der Waals surface area contributed by atoms with Gasteiger partial charge in [-0.05, 0) is 50.9 Å². The van der Waals surface area contributed by atoms with E-state index in [2.05, 4.69) is 115 Å². The van der Waals surface area contributed by atoms with E-state index < -0.39 is 8.32 Å². The number of rotatable bonds is 8. The van der Waals surface area contributed by atoms with Crippen LogP contribution in [-0.2, 0) is 4.43 Å². The van der Waals surface area contributed by atoms with Gasteiger partial charge in [0.25, 0.3) is 8.32 Å². The summed E-state index contributed by atoms with van der Waals surface area (Å²) < 4.78 is 7.32. The maximum Gasteiger partial charge on any atom is 0.261 e. The van der Waals surface area contributed by atoms with Gasteiger partial charge in [-0.25, -0.2) is 0 Å². The van der Waals surface area contributed by atoms with Crippen molar-refractivity contribution in [3.63, 3.8) is 0 Å². The Kier molecular flexibility index (Phi) is 7.78. The Morgan fingerprint density at radius 3 is 1.97 bits per heavy atom. The van der Waals surface area contributed by atoms with Gasteiger partial charge in [-0.1, -0.05) is 121 Å². The van der Waals surface area contributed by atoms with E-state index in [1.807, 2.05) is 6.08 Å². The summed E-state index contributed by atoms with van der Waals surface area (Å²) in [5.41, 5.74) is 0.315. The van der Waals surface area contributed by atoms with Crippen LogP contribution in [0.3, 0.4) is 0 Å². The van der Waals surface area contributed by atoms with Crippen molar-refractivity contribution in [2.24, 2.45) is 22.7 Å². The summed E-state index contributed by atoms with van der Waals surface area (Å²) in [5, 5.41) is 12.0. The summed E-state index contributed by atoms with van der Waals surface area (Å²) in [6.07, 6.45) is 6.47. The van der Waals surface area contributed by atoms with E-state index in [-0.39, 0.29) is 22.5 Å². The lowest BCUT2D eigenvalue weighted by molar-refractivity contribution is 0.0325. The van der Waals surface area contributed by atoms with E-state index in [0.717, 1.165) is 6.61 Å². The Labute approximate surface area is 203 Å². The molecule has 3 rings (SSSR count). The third kappa shape index (κ3) is 4.65. The van der Waals surface area contributed by atoms with Gasteiger partial charge in [0, 0.05) is 6.61 Å². The fourth-order valence-corrected chi connectivity index (χ4v) is 10.8. The number of hydrogen-bond acceptors (Lipinski definition) is 2. The van der Waals surface area contributed by atoms with Crippen LogP contribution >= 0.6 is 0 Å². The quantitative estimate of drug-likeness (QED) is 0.373. The molecule has 1 saturated carbocycles. The molecule has 0 aromatic heterocycles. The number of hydrogen-bond donors (Lipinski definition) is 1. The molecule has 2 aromatic carbocycles. The Hall–Kier alpha value is -1.68. The van der Waals surface area contributed by atoms with Crippen LogP contribution in [0.25, 0.3) is 0 Å². The topological polar surface area (TPSA) is 29.5 Å². The lowest BCUT2D eigenvalue weighted by atomic mass is 9.60. The number of aliphatic hydroxyl groups excluding tert-OH is 1. The second-order valence-corrected chi connectivity index (χ2v) is 16.1. The molecule has 1 fully saturated rings. The van der Waals surface area contributed by atoms with E-state index in [0.29, 0.717) is 11.8 Å². The van der Waals surface area contributed by atoms with Gasteiger partial charge < -0.3 is 9.53 Å². The molecule has 0 spiro atoms. The first kappa shape index (κ1) is 25.9. The predicted molar refractivity (Wildman–Crippen MR) is 144 cm³/mol. The molecule has 0 amide bonds. The van der Waals surface area contributed by atoms with E-state index in [9.17, 15) is 5.11 Å². The summed E-state index contributed by atoms with van der Waals surface area (Å²) in [6.45, 7) is 17.6. The van der Waals surface area contributed by atoms with Crippen molar-refractivity contribution in [3.8, 4) is 0 Å². The monoisotopic (exact) mass is 464 g/mol. The highest BCUT2D eigenvalue weighted by Crippen LogP contribution is 2.60. The lowest BCUT2D eigenvalue weighted by Crippen LogP contribution is -2.67. The number of benzene rings is 2. The Morgan fingerprint density at radius 2 is 1.52 bits per heavy atom. The van der Waals surface area contributed by atoms with Crippen molar-refractivity contribution in [3.05, 3.63) is 72.8 Å². The largest absolute Gasteiger partial charge is 0.407 e. The van der Waals surface area contributed by atoms with Gasteiger partial charge in [-0.2, -0.15) is 0 Å². The molecular formula is C30H44O2Si. The molecule has 3 heteroatoms. The maximum atomic E-state index is 9.29. The van der Waals surface area contributed by atoms with Crippen LogP contribution in [0.4, 0.5) is 0 Å². The minimum atomic E-state index is -2.52. The highest BCUT2D eigenvalue weighted by Gasteiger charge is 2.55. The molecule has 0 saturated heterocycles. The smallest absolute Gasteiger partial charge is 0.261 e. The number of allylic oxidation sites excluding steroid dienone is 1. The van der Waals surface area contributed by atoms with Crippen LogP contribution in [0.2, 0.25) is 5.04 Å². The van der Waals surface area contributed by atoms with Gasteiger partial charge in [0.2, 0.25) is 0 Å². The van der Waals surface area contributed by atoms with Crippen LogP contribution in [0.5, 0.6) is 0 Å². The van der Waals surface area contributed by atoms with Crippen molar-refractivity contribution in [2.75, 3.05) is 13.2 Å². The van der Waals surface area contributed by atoms with Crippen molar-refractivity contribution >= 4 is 18.7 Å². The summed E-state index contributed by atoms with van der Waals surface area (Å²) in [5.74, 6) is 0.909. The molecule has 2 aromatic rings. The van der Waals surface area contributed by atoms with Crippen LogP contribution in [0, 0.1) is 22.7 Å². The minimum Gasteiger partial charge on any atom is -0.407 e. The molecule has 0 unspecified atom stereocenters. The zero-order chi connectivity index (χ0) is 24.3. The molecular weight excluding hydrogens is 420 g/mol. The van der Waals surface area contributed by atoms with Gasteiger partial charge in [0.15, 0.2) is 0 Å². The molecule has 0 heterocycles. The van der Waals surface area contributed by atoms with Crippen LogP contribution in [-0.4, -0.2) is 26.6 Å². The molecule has 1 aliphatic carbocycles. The fourth-order valence-electron chi connectivity index (χ4n) is 6.19. The molecule has 0 bridgehead atoms. The van der Waals surface area contributed by atoms with Crippen LogP contribution in [0.1, 0.15) is 61.3 Å². The van der Waals surface area contributed by atoms with Crippen molar-refractivity contribution in [2.45, 2.75) is 66.3 Å². The highest BCUT2D eigenvalue weighted by molar-refractivity contribution is 6.99. The normalized spacial score (nSPS) is 24.3.